The Morgan fingerprint density at radius 1 is 1.26 bits per heavy atom. The van der Waals surface area contributed by atoms with Crippen LogP contribution >= 0.6 is 0 Å². The Kier molecular flexibility index (Phi) is 4.06. The Morgan fingerprint density at radius 2 is 2.09 bits per heavy atom. The SMILES string of the molecule is CCn1nc(C)c(C(=O)/C=C\c2ccc3ncccc3c2)c1C. The van der Waals surface area contributed by atoms with Crippen LogP contribution in [0.1, 0.15) is 34.2 Å². The van der Waals surface area contributed by atoms with Gasteiger partial charge in [0.1, 0.15) is 0 Å². The third-order valence-electron chi connectivity index (χ3n) is 3.98. The van der Waals surface area contributed by atoms with Crippen molar-refractivity contribution in [3.05, 3.63) is 65.1 Å². The summed E-state index contributed by atoms with van der Waals surface area (Å²) in [6, 6.07) is 9.88. The summed E-state index contributed by atoms with van der Waals surface area (Å²) < 4.78 is 1.86. The van der Waals surface area contributed by atoms with E-state index in [0.29, 0.717) is 5.56 Å². The molecule has 4 nitrogen and oxygen atoms in total. The van der Waals surface area contributed by atoms with Crippen LogP contribution in [-0.2, 0) is 6.54 Å². The van der Waals surface area contributed by atoms with Crippen LogP contribution in [0.2, 0.25) is 0 Å². The van der Waals surface area contributed by atoms with Crippen molar-refractivity contribution in [1.82, 2.24) is 14.8 Å². The van der Waals surface area contributed by atoms with Crippen LogP contribution in [0.15, 0.2) is 42.6 Å². The minimum atomic E-state index is -0.00835. The van der Waals surface area contributed by atoms with Gasteiger partial charge in [-0.05, 0) is 50.6 Å². The van der Waals surface area contributed by atoms with Crippen LogP contribution in [0.5, 0.6) is 0 Å². The third kappa shape index (κ3) is 2.93. The standard InChI is InChI=1S/C19H19N3O/c1-4-22-14(3)19(13(2)21-22)18(23)10-8-15-7-9-17-16(12-15)6-5-11-20-17/h5-12H,4H2,1-3H3/b10-8-. The minimum Gasteiger partial charge on any atom is -0.289 e. The summed E-state index contributed by atoms with van der Waals surface area (Å²) in [6.45, 7) is 6.60. The maximum Gasteiger partial charge on any atom is 0.189 e. The molecule has 0 aliphatic carbocycles. The molecule has 0 fully saturated rings. The number of carbonyl (C=O) groups is 1. The van der Waals surface area contributed by atoms with E-state index in [1.807, 2.05) is 61.9 Å². The first-order valence-electron chi connectivity index (χ1n) is 7.71. The molecule has 0 unspecified atom stereocenters. The highest BCUT2D eigenvalue weighted by Gasteiger charge is 2.15. The van der Waals surface area contributed by atoms with E-state index in [2.05, 4.69) is 10.1 Å². The van der Waals surface area contributed by atoms with E-state index in [4.69, 9.17) is 0 Å². The molecule has 2 heterocycles. The predicted molar refractivity (Wildman–Crippen MR) is 92.5 cm³/mol. The van der Waals surface area contributed by atoms with Crippen LogP contribution < -0.4 is 0 Å². The first-order chi connectivity index (χ1) is 11.1. The van der Waals surface area contributed by atoms with Crippen LogP contribution in [0.25, 0.3) is 17.0 Å². The van der Waals surface area contributed by atoms with E-state index in [0.717, 1.165) is 34.4 Å². The zero-order valence-electron chi connectivity index (χ0n) is 13.6. The fourth-order valence-electron chi connectivity index (χ4n) is 2.81. The summed E-state index contributed by atoms with van der Waals surface area (Å²) in [4.78, 5) is 16.8. The molecule has 116 valence electrons. The van der Waals surface area contributed by atoms with Crippen molar-refractivity contribution in [2.45, 2.75) is 27.3 Å². The van der Waals surface area contributed by atoms with Crippen molar-refractivity contribution in [1.29, 1.82) is 0 Å². The van der Waals surface area contributed by atoms with Gasteiger partial charge in [0.2, 0.25) is 0 Å². The highest BCUT2D eigenvalue weighted by Crippen LogP contribution is 2.17. The molecule has 0 atom stereocenters. The lowest BCUT2D eigenvalue weighted by Gasteiger charge is -2.00. The summed E-state index contributed by atoms with van der Waals surface area (Å²) in [5.74, 6) is -0.00835. The molecular formula is C19H19N3O. The van der Waals surface area contributed by atoms with E-state index in [9.17, 15) is 4.79 Å². The number of rotatable bonds is 4. The highest BCUT2D eigenvalue weighted by molar-refractivity contribution is 6.08. The van der Waals surface area contributed by atoms with Crippen molar-refractivity contribution in [2.24, 2.45) is 0 Å². The Balaban J connectivity index is 1.89. The molecule has 0 amide bonds. The zero-order valence-corrected chi connectivity index (χ0v) is 13.6. The van der Waals surface area contributed by atoms with E-state index in [1.165, 1.54) is 0 Å². The molecule has 0 N–H and O–H groups in total. The molecule has 0 saturated carbocycles. The molecular weight excluding hydrogens is 286 g/mol. The van der Waals surface area contributed by atoms with Crippen LogP contribution in [0.3, 0.4) is 0 Å². The van der Waals surface area contributed by atoms with Crippen molar-refractivity contribution in [3.63, 3.8) is 0 Å². The normalized spacial score (nSPS) is 11.4. The molecule has 3 aromatic rings. The predicted octanol–water partition coefficient (Wildman–Crippen LogP) is 3.96. The van der Waals surface area contributed by atoms with Crippen molar-refractivity contribution >= 4 is 22.8 Å². The monoisotopic (exact) mass is 305 g/mol. The van der Waals surface area contributed by atoms with Crippen molar-refractivity contribution in [3.8, 4) is 0 Å². The maximum atomic E-state index is 12.5. The molecule has 0 radical (unpaired) electrons. The van der Waals surface area contributed by atoms with Crippen LogP contribution in [0.4, 0.5) is 0 Å². The first kappa shape index (κ1) is 15.2. The molecule has 0 aliphatic rings. The Hall–Kier alpha value is -2.75. The van der Waals surface area contributed by atoms with Crippen LogP contribution in [0, 0.1) is 13.8 Å². The number of pyridine rings is 1. The molecule has 0 spiro atoms. The molecule has 1 aromatic carbocycles. The molecule has 3 rings (SSSR count). The number of fused-ring (bicyclic) bond motifs is 1. The fraction of sp³-hybridized carbons (Fsp3) is 0.211. The number of benzene rings is 1. The topological polar surface area (TPSA) is 47.8 Å². The van der Waals surface area contributed by atoms with E-state index in [-0.39, 0.29) is 5.78 Å². The average molecular weight is 305 g/mol. The van der Waals surface area contributed by atoms with Gasteiger partial charge < -0.3 is 0 Å². The number of aryl methyl sites for hydroxylation is 2. The Bertz CT molecular complexity index is 906. The van der Waals surface area contributed by atoms with Gasteiger partial charge in [-0.3, -0.25) is 14.5 Å². The number of carbonyl (C=O) groups excluding carboxylic acids is 1. The molecule has 0 bridgehead atoms. The second-order valence-corrected chi connectivity index (χ2v) is 5.51. The maximum absolute atomic E-state index is 12.5. The lowest BCUT2D eigenvalue weighted by atomic mass is 10.1. The molecule has 23 heavy (non-hydrogen) atoms. The van der Waals surface area contributed by atoms with Crippen molar-refractivity contribution < 1.29 is 4.79 Å². The largest absolute Gasteiger partial charge is 0.289 e. The van der Waals surface area contributed by atoms with Gasteiger partial charge in [-0.2, -0.15) is 5.10 Å². The first-order valence-corrected chi connectivity index (χ1v) is 7.71. The summed E-state index contributed by atoms with van der Waals surface area (Å²) in [6.07, 6.45) is 5.24. The number of hydrogen-bond donors (Lipinski definition) is 0. The average Bonchev–Trinajstić information content (AvgIpc) is 2.86. The smallest absolute Gasteiger partial charge is 0.189 e. The molecule has 4 heteroatoms. The summed E-state index contributed by atoms with van der Waals surface area (Å²) in [7, 11) is 0. The second-order valence-electron chi connectivity index (χ2n) is 5.51. The van der Waals surface area contributed by atoms with E-state index in [1.54, 1.807) is 12.3 Å². The zero-order chi connectivity index (χ0) is 16.4. The lowest BCUT2D eigenvalue weighted by molar-refractivity contribution is 0.104. The third-order valence-corrected chi connectivity index (χ3v) is 3.98. The number of aromatic nitrogens is 3. The van der Waals surface area contributed by atoms with Gasteiger partial charge in [0.25, 0.3) is 0 Å². The number of ketones is 1. The summed E-state index contributed by atoms with van der Waals surface area (Å²) in [5, 5.41) is 5.46. The minimum absolute atomic E-state index is 0.00835. The molecule has 0 saturated heterocycles. The van der Waals surface area contributed by atoms with Crippen LogP contribution in [-0.4, -0.2) is 20.5 Å². The Labute approximate surface area is 135 Å². The van der Waals surface area contributed by atoms with Crippen molar-refractivity contribution in [2.75, 3.05) is 0 Å². The van der Waals surface area contributed by atoms with E-state index < -0.39 is 0 Å². The molecule has 0 aliphatic heterocycles. The van der Waals surface area contributed by atoms with Gasteiger partial charge in [-0.1, -0.05) is 18.2 Å². The number of hydrogen-bond acceptors (Lipinski definition) is 3. The highest BCUT2D eigenvalue weighted by atomic mass is 16.1. The fourth-order valence-corrected chi connectivity index (χ4v) is 2.81. The summed E-state index contributed by atoms with van der Waals surface area (Å²) in [5.41, 5.74) is 4.33. The second kappa shape index (κ2) is 6.16. The van der Waals surface area contributed by atoms with E-state index >= 15 is 0 Å². The Morgan fingerprint density at radius 3 is 2.83 bits per heavy atom. The van der Waals surface area contributed by atoms with Gasteiger partial charge in [-0.15, -0.1) is 0 Å². The lowest BCUT2D eigenvalue weighted by Crippen LogP contribution is -2.01. The molecule has 2 aromatic heterocycles. The van der Waals surface area contributed by atoms with Gasteiger partial charge in [0.15, 0.2) is 5.78 Å². The number of nitrogens with zero attached hydrogens (tertiary/aromatic N) is 3. The quantitative estimate of drug-likeness (QED) is 0.541. The van der Waals surface area contributed by atoms with Gasteiger partial charge in [0, 0.05) is 23.8 Å². The number of allylic oxidation sites excluding steroid dienone is 1. The van der Waals surface area contributed by atoms with Gasteiger partial charge >= 0.3 is 0 Å². The van der Waals surface area contributed by atoms with Gasteiger partial charge in [-0.25, -0.2) is 0 Å². The summed E-state index contributed by atoms with van der Waals surface area (Å²) >= 11 is 0. The van der Waals surface area contributed by atoms with Gasteiger partial charge in [0.05, 0.1) is 16.8 Å².